The summed E-state index contributed by atoms with van der Waals surface area (Å²) in [5.41, 5.74) is 0.651. The molecule has 1 aliphatic carbocycles. The third-order valence-corrected chi connectivity index (χ3v) is 4.39. The molecule has 2 unspecified atom stereocenters. The van der Waals surface area contributed by atoms with Crippen LogP contribution in [0.4, 0.5) is 5.13 Å². The van der Waals surface area contributed by atoms with E-state index in [2.05, 4.69) is 17.2 Å². The summed E-state index contributed by atoms with van der Waals surface area (Å²) in [4.78, 5) is 14.9. The highest BCUT2D eigenvalue weighted by atomic mass is 32.1. The van der Waals surface area contributed by atoms with Gasteiger partial charge in [0, 0.05) is 11.4 Å². The second-order valence-electron chi connectivity index (χ2n) is 5.00. The number of hydrogen-bond acceptors (Lipinski definition) is 4. The minimum absolute atomic E-state index is 0.0143. The number of rotatable bonds is 5. The van der Waals surface area contributed by atoms with Crippen molar-refractivity contribution in [1.82, 2.24) is 4.98 Å². The fourth-order valence-electron chi connectivity index (χ4n) is 2.58. The summed E-state index contributed by atoms with van der Waals surface area (Å²) >= 11 is 1.51. The normalized spacial score (nSPS) is 23.8. The molecular weight excluding hydrogens is 248 g/mol. The lowest BCUT2D eigenvalue weighted by molar-refractivity contribution is -0.136. The van der Waals surface area contributed by atoms with E-state index in [4.69, 9.17) is 5.11 Å². The molecule has 0 saturated heterocycles. The molecule has 2 rings (SSSR count). The zero-order valence-corrected chi connectivity index (χ0v) is 11.5. The van der Waals surface area contributed by atoms with Crippen molar-refractivity contribution < 1.29 is 9.90 Å². The number of aromatic nitrogens is 1. The van der Waals surface area contributed by atoms with Crippen molar-refractivity contribution in [3.63, 3.8) is 0 Å². The van der Waals surface area contributed by atoms with Crippen LogP contribution in [0.2, 0.25) is 0 Å². The molecule has 0 spiro atoms. The molecule has 0 aromatic carbocycles. The van der Waals surface area contributed by atoms with E-state index in [-0.39, 0.29) is 6.42 Å². The second-order valence-corrected chi connectivity index (χ2v) is 5.85. The number of nitrogens with zero attached hydrogens (tertiary/aromatic N) is 1. The van der Waals surface area contributed by atoms with E-state index in [9.17, 15) is 4.79 Å². The number of carboxylic acid groups (broad SMARTS) is 1. The van der Waals surface area contributed by atoms with Gasteiger partial charge in [0.1, 0.15) is 0 Å². The van der Waals surface area contributed by atoms with Gasteiger partial charge in [-0.15, -0.1) is 11.3 Å². The lowest BCUT2D eigenvalue weighted by atomic mass is 9.84. The van der Waals surface area contributed by atoms with Crippen molar-refractivity contribution in [2.45, 2.75) is 51.5 Å². The van der Waals surface area contributed by atoms with E-state index >= 15 is 0 Å². The molecule has 2 atom stereocenters. The molecule has 0 radical (unpaired) electrons. The van der Waals surface area contributed by atoms with Crippen molar-refractivity contribution in [1.29, 1.82) is 0 Å². The first-order valence-corrected chi connectivity index (χ1v) is 7.48. The smallest absolute Gasteiger partial charge is 0.309 e. The lowest BCUT2D eigenvalue weighted by Gasteiger charge is -2.28. The van der Waals surface area contributed by atoms with Crippen LogP contribution in [-0.4, -0.2) is 22.1 Å². The number of nitrogens with one attached hydrogen (secondary N) is 1. The highest BCUT2D eigenvalue weighted by Gasteiger charge is 2.21. The number of thiazole rings is 1. The summed E-state index contributed by atoms with van der Waals surface area (Å²) in [6.45, 7) is 2.25. The van der Waals surface area contributed by atoms with E-state index in [1.807, 2.05) is 5.38 Å². The Morgan fingerprint density at radius 3 is 3.17 bits per heavy atom. The van der Waals surface area contributed by atoms with Gasteiger partial charge in [0.2, 0.25) is 0 Å². The molecule has 1 aliphatic rings. The third-order valence-electron chi connectivity index (χ3n) is 3.57. The molecule has 18 heavy (non-hydrogen) atoms. The Morgan fingerprint density at radius 1 is 1.61 bits per heavy atom. The topological polar surface area (TPSA) is 62.2 Å². The number of aliphatic carboxylic acids is 1. The Kier molecular flexibility index (Phi) is 4.58. The molecule has 2 N–H and O–H groups in total. The molecule has 0 amide bonds. The van der Waals surface area contributed by atoms with Crippen LogP contribution in [0.1, 0.15) is 44.7 Å². The summed E-state index contributed by atoms with van der Waals surface area (Å²) in [5, 5.41) is 14.9. The van der Waals surface area contributed by atoms with Gasteiger partial charge in [0.15, 0.2) is 5.13 Å². The SMILES string of the molecule is CCC1CCCC(Nc2nc(CC(=O)O)cs2)C1. The summed E-state index contributed by atoms with van der Waals surface area (Å²) in [6, 6.07) is 0.507. The van der Waals surface area contributed by atoms with Crippen molar-refractivity contribution >= 4 is 22.4 Å². The summed E-state index contributed by atoms with van der Waals surface area (Å²) in [6.07, 6.45) is 6.30. The summed E-state index contributed by atoms with van der Waals surface area (Å²) < 4.78 is 0. The highest BCUT2D eigenvalue weighted by Crippen LogP contribution is 2.29. The number of carbonyl (C=O) groups is 1. The summed E-state index contributed by atoms with van der Waals surface area (Å²) in [5.74, 6) is 0.00488. The van der Waals surface area contributed by atoms with Gasteiger partial charge < -0.3 is 10.4 Å². The van der Waals surface area contributed by atoms with Crippen LogP contribution in [-0.2, 0) is 11.2 Å². The van der Waals surface area contributed by atoms with Crippen LogP contribution in [0.3, 0.4) is 0 Å². The predicted octanol–water partition coefficient (Wildman–Crippen LogP) is 3.15. The quantitative estimate of drug-likeness (QED) is 0.861. The Hall–Kier alpha value is -1.10. The molecule has 0 aliphatic heterocycles. The van der Waals surface area contributed by atoms with E-state index < -0.39 is 5.97 Å². The molecule has 1 aromatic heterocycles. The standard InChI is InChI=1S/C13H20N2O2S/c1-2-9-4-3-5-10(6-9)14-13-15-11(8-18-13)7-12(16)17/h8-10H,2-7H2,1H3,(H,14,15)(H,16,17). The number of carboxylic acids is 1. The molecule has 5 heteroatoms. The van der Waals surface area contributed by atoms with Crippen molar-refractivity contribution in [3.8, 4) is 0 Å². The Balaban J connectivity index is 1.88. The largest absolute Gasteiger partial charge is 0.481 e. The maximum Gasteiger partial charge on any atom is 0.309 e. The third kappa shape index (κ3) is 3.70. The van der Waals surface area contributed by atoms with Crippen LogP contribution >= 0.6 is 11.3 Å². The first-order valence-electron chi connectivity index (χ1n) is 6.60. The van der Waals surface area contributed by atoms with E-state index in [0.29, 0.717) is 11.7 Å². The van der Waals surface area contributed by atoms with Crippen molar-refractivity contribution in [2.24, 2.45) is 5.92 Å². The number of hydrogen-bond donors (Lipinski definition) is 2. The van der Waals surface area contributed by atoms with Crippen molar-refractivity contribution in [2.75, 3.05) is 5.32 Å². The molecule has 1 aromatic rings. The van der Waals surface area contributed by atoms with Crippen LogP contribution < -0.4 is 5.32 Å². The fourth-order valence-corrected chi connectivity index (χ4v) is 3.37. The minimum atomic E-state index is -0.824. The van der Waals surface area contributed by atoms with Crippen LogP contribution in [0, 0.1) is 5.92 Å². The molecule has 1 fully saturated rings. The summed E-state index contributed by atoms with van der Waals surface area (Å²) in [7, 11) is 0. The van der Waals surface area contributed by atoms with Crippen LogP contribution in [0.25, 0.3) is 0 Å². The van der Waals surface area contributed by atoms with Crippen molar-refractivity contribution in [3.05, 3.63) is 11.1 Å². The predicted molar refractivity (Wildman–Crippen MR) is 73.1 cm³/mol. The Morgan fingerprint density at radius 2 is 2.44 bits per heavy atom. The lowest BCUT2D eigenvalue weighted by Crippen LogP contribution is -2.27. The molecule has 1 heterocycles. The zero-order chi connectivity index (χ0) is 13.0. The molecule has 4 nitrogen and oxygen atoms in total. The van der Waals surface area contributed by atoms with Gasteiger partial charge in [0.05, 0.1) is 12.1 Å². The van der Waals surface area contributed by atoms with Crippen LogP contribution in [0.5, 0.6) is 0 Å². The van der Waals surface area contributed by atoms with E-state index in [1.165, 1.54) is 43.4 Å². The average molecular weight is 268 g/mol. The van der Waals surface area contributed by atoms with Gasteiger partial charge in [-0.05, 0) is 18.8 Å². The van der Waals surface area contributed by atoms with Gasteiger partial charge in [-0.2, -0.15) is 0 Å². The van der Waals surface area contributed by atoms with Gasteiger partial charge in [-0.25, -0.2) is 4.98 Å². The first kappa shape index (κ1) is 13.3. The Bertz CT molecular complexity index is 405. The molecule has 1 saturated carbocycles. The maximum atomic E-state index is 10.6. The molecule has 100 valence electrons. The van der Waals surface area contributed by atoms with Gasteiger partial charge in [0.25, 0.3) is 0 Å². The van der Waals surface area contributed by atoms with Gasteiger partial charge in [-0.3, -0.25) is 4.79 Å². The fraction of sp³-hybridized carbons (Fsp3) is 0.692. The van der Waals surface area contributed by atoms with E-state index in [1.54, 1.807) is 0 Å². The first-order chi connectivity index (χ1) is 8.67. The van der Waals surface area contributed by atoms with Crippen LogP contribution in [0.15, 0.2) is 5.38 Å². The second kappa shape index (κ2) is 6.18. The number of anilines is 1. The van der Waals surface area contributed by atoms with Gasteiger partial charge >= 0.3 is 5.97 Å². The maximum absolute atomic E-state index is 10.6. The monoisotopic (exact) mass is 268 g/mol. The average Bonchev–Trinajstić information content (AvgIpc) is 2.76. The molecule has 0 bridgehead atoms. The van der Waals surface area contributed by atoms with Gasteiger partial charge in [-0.1, -0.05) is 26.2 Å². The zero-order valence-electron chi connectivity index (χ0n) is 10.7. The molecular formula is C13H20N2O2S. The highest BCUT2D eigenvalue weighted by molar-refractivity contribution is 7.13. The Labute approximate surface area is 111 Å². The van der Waals surface area contributed by atoms with E-state index in [0.717, 1.165) is 11.0 Å². The minimum Gasteiger partial charge on any atom is -0.481 e.